The number of fused-ring (bicyclic) bond motifs is 2. The molecule has 1 saturated heterocycles. The molecule has 6 nitrogen and oxygen atoms in total. The third-order valence-electron chi connectivity index (χ3n) is 5.16. The van der Waals surface area contributed by atoms with Gasteiger partial charge in [0.15, 0.2) is 9.84 Å². The number of carbonyl (C=O) groups is 1. The van der Waals surface area contributed by atoms with Gasteiger partial charge in [-0.15, -0.1) is 0 Å². The Morgan fingerprint density at radius 3 is 2.55 bits per heavy atom. The maximum atomic E-state index is 12.0. The van der Waals surface area contributed by atoms with Crippen LogP contribution in [0, 0.1) is 17.8 Å². The van der Waals surface area contributed by atoms with Crippen molar-refractivity contribution in [3.8, 4) is 0 Å². The molecular formula is C13H22N2O4S. The summed E-state index contributed by atoms with van der Waals surface area (Å²) in [5.41, 5.74) is 0. The molecule has 3 N–H and O–H groups in total. The number of hydrogen-bond acceptors (Lipinski definition) is 4. The Kier molecular flexibility index (Phi) is 3.66. The highest BCUT2D eigenvalue weighted by Crippen LogP contribution is 2.48. The predicted molar refractivity (Wildman–Crippen MR) is 73.9 cm³/mol. The number of urea groups is 1. The van der Waals surface area contributed by atoms with Crippen molar-refractivity contribution in [3.05, 3.63) is 0 Å². The van der Waals surface area contributed by atoms with E-state index >= 15 is 0 Å². The minimum absolute atomic E-state index is 0.0387. The zero-order valence-corrected chi connectivity index (χ0v) is 12.2. The SMILES string of the molecule is O=C(N[C@@H]1CCS(=O)(=O)C1)N[C@H]1[C@H]2CC[C@@H](C2)[C@H]1CO. The lowest BCUT2D eigenvalue weighted by Gasteiger charge is -2.30. The second kappa shape index (κ2) is 5.18. The lowest BCUT2D eigenvalue weighted by Crippen LogP contribution is -2.51. The minimum Gasteiger partial charge on any atom is -0.396 e. The highest BCUT2D eigenvalue weighted by atomic mass is 32.2. The molecule has 2 aliphatic carbocycles. The van der Waals surface area contributed by atoms with E-state index in [1.807, 2.05) is 0 Å². The Morgan fingerprint density at radius 1 is 1.15 bits per heavy atom. The maximum absolute atomic E-state index is 12.0. The van der Waals surface area contributed by atoms with Gasteiger partial charge in [0, 0.05) is 24.6 Å². The number of aliphatic hydroxyl groups excluding tert-OH is 1. The van der Waals surface area contributed by atoms with Crippen LogP contribution in [0.25, 0.3) is 0 Å². The van der Waals surface area contributed by atoms with Crippen molar-refractivity contribution in [1.82, 2.24) is 10.6 Å². The first-order valence-electron chi connectivity index (χ1n) is 7.37. The highest BCUT2D eigenvalue weighted by molar-refractivity contribution is 7.91. The minimum atomic E-state index is -2.97. The summed E-state index contributed by atoms with van der Waals surface area (Å²) in [6.45, 7) is 0.115. The van der Waals surface area contributed by atoms with Gasteiger partial charge >= 0.3 is 6.03 Å². The lowest BCUT2D eigenvalue weighted by atomic mass is 9.85. The molecule has 7 heteroatoms. The van der Waals surface area contributed by atoms with E-state index < -0.39 is 9.84 Å². The van der Waals surface area contributed by atoms with Crippen molar-refractivity contribution >= 4 is 15.9 Å². The van der Waals surface area contributed by atoms with Crippen LogP contribution in [-0.2, 0) is 9.84 Å². The normalized spacial score (nSPS) is 41.8. The Hall–Kier alpha value is -0.820. The van der Waals surface area contributed by atoms with Crippen molar-refractivity contribution in [2.45, 2.75) is 37.8 Å². The van der Waals surface area contributed by atoms with Crippen LogP contribution < -0.4 is 10.6 Å². The molecule has 3 fully saturated rings. The first kappa shape index (κ1) is 14.1. The molecule has 0 radical (unpaired) electrons. The van der Waals surface area contributed by atoms with Gasteiger partial charge in [0.25, 0.3) is 0 Å². The van der Waals surface area contributed by atoms with Gasteiger partial charge < -0.3 is 15.7 Å². The second-order valence-electron chi connectivity index (χ2n) is 6.42. The van der Waals surface area contributed by atoms with E-state index in [1.165, 1.54) is 0 Å². The molecule has 3 aliphatic rings. The van der Waals surface area contributed by atoms with E-state index in [1.54, 1.807) is 0 Å². The molecule has 3 rings (SSSR count). The van der Waals surface area contributed by atoms with E-state index in [0.717, 1.165) is 19.3 Å². The lowest BCUT2D eigenvalue weighted by molar-refractivity contribution is 0.144. The fraction of sp³-hybridized carbons (Fsp3) is 0.923. The van der Waals surface area contributed by atoms with Crippen LogP contribution >= 0.6 is 0 Å². The van der Waals surface area contributed by atoms with E-state index in [0.29, 0.717) is 18.3 Å². The number of rotatable bonds is 3. The number of aliphatic hydroxyl groups is 1. The molecule has 2 saturated carbocycles. The quantitative estimate of drug-likeness (QED) is 0.677. The number of nitrogens with one attached hydrogen (secondary N) is 2. The highest BCUT2D eigenvalue weighted by Gasteiger charge is 2.47. The first-order valence-corrected chi connectivity index (χ1v) is 9.19. The van der Waals surface area contributed by atoms with Gasteiger partial charge in [0.1, 0.15) is 0 Å². The third kappa shape index (κ3) is 2.65. The smallest absolute Gasteiger partial charge is 0.315 e. The van der Waals surface area contributed by atoms with Crippen LogP contribution in [0.15, 0.2) is 0 Å². The molecule has 1 aliphatic heterocycles. The van der Waals surface area contributed by atoms with Crippen LogP contribution in [0.1, 0.15) is 25.7 Å². The van der Waals surface area contributed by atoms with E-state index in [2.05, 4.69) is 10.6 Å². The number of amides is 2. The van der Waals surface area contributed by atoms with Crippen LogP contribution in [0.4, 0.5) is 4.79 Å². The molecular weight excluding hydrogens is 280 g/mol. The second-order valence-corrected chi connectivity index (χ2v) is 8.65. The van der Waals surface area contributed by atoms with Gasteiger partial charge in [0.2, 0.25) is 0 Å². The summed E-state index contributed by atoms with van der Waals surface area (Å²) in [7, 11) is -2.97. The molecule has 0 spiro atoms. The average Bonchev–Trinajstić information content (AvgIpc) is 3.04. The molecule has 0 aromatic carbocycles. The van der Waals surface area contributed by atoms with Gasteiger partial charge in [-0.2, -0.15) is 0 Å². The summed E-state index contributed by atoms with van der Waals surface area (Å²) >= 11 is 0. The summed E-state index contributed by atoms with van der Waals surface area (Å²) in [6.07, 6.45) is 3.85. The average molecular weight is 302 g/mol. The van der Waals surface area contributed by atoms with E-state index in [4.69, 9.17) is 0 Å². The molecule has 114 valence electrons. The van der Waals surface area contributed by atoms with Gasteiger partial charge in [-0.05, 0) is 37.5 Å². The number of carbonyl (C=O) groups excluding carboxylic acids is 1. The fourth-order valence-electron chi connectivity index (χ4n) is 4.19. The molecule has 5 atom stereocenters. The Morgan fingerprint density at radius 2 is 1.90 bits per heavy atom. The summed E-state index contributed by atoms with van der Waals surface area (Å²) in [5.74, 6) is 1.36. The third-order valence-corrected chi connectivity index (χ3v) is 6.93. The molecule has 0 aromatic heterocycles. The van der Waals surface area contributed by atoms with E-state index in [9.17, 15) is 18.3 Å². The molecule has 0 unspecified atom stereocenters. The zero-order valence-electron chi connectivity index (χ0n) is 11.4. The molecule has 2 bridgehead atoms. The Labute approximate surface area is 119 Å². The Balaban J connectivity index is 1.54. The van der Waals surface area contributed by atoms with Crippen molar-refractivity contribution in [3.63, 3.8) is 0 Å². The molecule has 20 heavy (non-hydrogen) atoms. The predicted octanol–water partition coefficient (Wildman–Crippen LogP) is -0.120. The van der Waals surface area contributed by atoms with Crippen molar-refractivity contribution in [2.75, 3.05) is 18.1 Å². The number of sulfone groups is 1. The molecule has 2 amide bonds. The van der Waals surface area contributed by atoms with Crippen molar-refractivity contribution in [2.24, 2.45) is 17.8 Å². The zero-order chi connectivity index (χ0) is 14.3. The first-order chi connectivity index (χ1) is 9.48. The van der Waals surface area contributed by atoms with Gasteiger partial charge in [-0.1, -0.05) is 0 Å². The van der Waals surface area contributed by atoms with Crippen molar-refractivity contribution in [1.29, 1.82) is 0 Å². The number of hydrogen-bond donors (Lipinski definition) is 3. The van der Waals surface area contributed by atoms with Gasteiger partial charge in [-0.25, -0.2) is 13.2 Å². The van der Waals surface area contributed by atoms with Gasteiger partial charge in [0.05, 0.1) is 11.5 Å². The van der Waals surface area contributed by atoms with Crippen LogP contribution in [0.5, 0.6) is 0 Å². The fourth-order valence-corrected chi connectivity index (χ4v) is 5.86. The summed E-state index contributed by atoms with van der Waals surface area (Å²) in [6, 6.07) is -0.522. The van der Waals surface area contributed by atoms with Crippen LogP contribution in [0.2, 0.25) is 0 Å². The van der Waals surface area contributed by atoms with Crippen molar-refractivity contribution < 1.29 is 18.3 Å². The summed E-state index contributed by atoms with van der Waals surface area (Å²) in [4.78, 5) is 12.0. The Bertz CT molecular complexity index is 493. The standard InChI is InChI=1S/C13H22N2O4S/c16-6-11-8-1-2-9(5-8)12(11)15-13(17)14-10-3-4-20(18,19)7-10/h8-12,16H,1-7H2,(H2,14,15,17)/t8-,9-,10+,11+,12-/m0/s1. The van der Waals surface area contributed by atoms with Crippen LogP contribution in [0.3, 0.4) is 0 Å². The van der Waals surface area contributed by atoms with Crippen LogP contribution in [-0.4, -0.2) is 49.8 Å². The molecule has 1 heterocycles. The molecule has 0 aromatic rings. The monoisotopic (exact) mass is 302 g/mol. The van der Waals surface area contributed by atoms with E-state index in [-0.39, 0.29) is 42.1 Å². The maximum Gasteiger partial charge on any atom is 0.315 e. The summed E-state index contributed by atoms with van der Waals surface area (Å²) < 4.78 is 22.7. The van der Waals surface area contributed by atoms with Gasteiger partial charge in [-0.3, -0.25) is 0 Å². The largest absolute Gasteiger partial charge is 0.396 e. The topological polar surface area (TPSA) is 95.5 Å². The summed E-state index contributed by atoms with van der Waals surface area (Å²) in [5, 5.41) is 15.2.